The molecule has 54 valence electrons. The Labute approximate surface area is 62.1 Å². The first-order chi connectivity index (χ1) is 5.24. The molecule has 0 spiro atoms. The summed E-state index contributed by atoms with van der Waals surface area (Å²) in [4.78, 5) is 12.9. The standard InChI is InChI=1S/C6H3N3O2/c7-4-5-2-1-3-6(8-5)9(10)11/h1-3H. The Balaban J connectivity index is 3.13. The number of hydrogen-bond donors (Lipinski definition) is 0. The van der Waals surface area contributed by atoms with Crippen LogP contribution >= 0.6 is 0 Å². The molecule has 0 bridgehead atoms. The summed E-state index contributed by atoms with van der Waals surface area (Å²) in [6, 6.07) is 5.77. The van der Waals surface area contributed by atoms with Gasteiger partial charge in [-0.05, 0) is 16.0 Å². The van der Waals surface area contributed by atoms with Crippen LogP contribution in [0.4, 0.5) is 5.82 Å². The minimum absolute atomic E-state index is 0.0548. The van der Waals surface area contributed by atoms with E-state index in [0.29, 0.717) is 0 Å². The molecule has 1 rings (SSSR count). The molecule has 1 heterocycles. The van der Waals surface area contributed by atoms with Crippen LogP contribution in [0.3, 0.4) is 0 Å². The summed E-state index contributed by atoms with van der Waals surface area (Å²) in [5.41, 5.74) is 0.0548. The van der Waals surface area contributed by atoms with E-state index in [-0.39, 0.29) is 11.5 Å². The molecular weight excluding hydrogens is 146 g/mol. The third kappa shape index (κ3) is 1.49. The number of nitro groups is 1. The van der Waals surface area contributed by atoms with Gasteiger partial charge in [-0.2, -0.15) is 5.26 Å². The minimum atomic E-state index is -0.638. The van der Waals surface area contributed by atoms with Gasteiger partial charge in [0.25, 0.3) is 5.69 Å². The Kier molecular flexibility index (Phi) is 1.79. The monoisotopic (exact) mass is 149 g/mol. The molecule has 11 heavy (non-hydrogen) atoms. The van der Waals surface area contributed by atoms with Crippen molar-refractivity contribution in [1.82, 2.24) is 4.98 Å². The molecule has 0 aliphatic rings. The lowest BCUT2D eigenvalue weighted by atomic mass is 10.4. The molecule has 5 heteroatoms. The molecule has 0 unspecified atom stereocenters. The van der Waals surface area contributed by atoms with Gasteiger partial charge in [0.05, 0.1) is 0 Å². The quantitative estimate of drug-likeness (QED) is 0.438. The molecule has 0 aliphatic carbocycles. The van der Waals surface area contributed by atoms with Crippen molar-refractivity contribution in [3.63, 3.8) is 0 Å². The average molecular weight is 149 g/mol. The van der Waals surface area contributed by atoms with Crippen molar-refractivity contribution in [3.05, 3.63) is 34.0 Å². The molecule has 1 aromatic rings. The van der Waals surface area contributed by atoms with E-state index in [0.717, 1.165) is 0 Å². The summed E-state index contributed by atoms with van der Waals surface area (Å²) in [7, 11) is 0. The highest BCUT2D eigenvalue weighted by atomic mass is 16.6. The SMILES string of the molecule is N#Cc1cccc([N+](=O)[O-])n1. The van der Waals surface area contributed by atoms with E-state index < -0.39 is 4.92 Å². The third-order valence-electron chi connectivity index (χ3n) is 1.04. The lowest BCUT2D eigenvalue weighted by Gasteiger charge is -1.88. The predicted molar refractivity (Wildman–Crippen MR) is 35.6 cm³/mol. The number of pyridine rings is 1. The van der Waals surface area contributed by atoms with Crippen LogP contribution in [0.2, 0.25) is 0 Å². The van der Waals surface area contributed by atoms with Gasteiger partial charge in [-0.25, -0.2) is 0 Å². The van der Waals surface area contributed by atoms with Crippen LogP contribution in [0.25, 0.3) is 0 Å². The van der Waals surface area contributed by atoms with Crippen molar-refractivity contribution in [2.24, 2.45) is 0 Å². The number of hydrogen-bond acceptors (Lipinski definition) is 4. The minimum Gasteiger partial charge on any atom is -0.358 e. The first-order valence-corrected chi connectivity index (χ1v) is 2.75. The van der Waals surface area contributed by atoms with Gasteiger partial charge in [0, 0.05) is 12.1 Å². The molecule has 0 N–H and O–H groups in total. The van der Waals surface area contributed by atoms with Gasteiger partial charge in [-0.15, -0.1) is 0 Å². The largest absolute Gasteiger partial charge is 0.364 e. The highest BCUT2D eigenvalue weighted by molar-refractivity contribution is 5.28. The lowest BCUT2D eigenvalue weighted by molar-refractivity contribution is -0.389. The molecule has 0 fully saturated rings. The first-order valence-electron chi connectivity index (χ1n) is 2.75. The topological polar surface area (TPSA) is 79.8 Å². The van der Waals surface area contributed by atoms with Crippen molar-refractivity contribution in [1.29, 1.82) is 5.26 Å². The fourth-order valence-electron chi connectivity index (χ4n) is 0.587. The second-order valence-electron chi connectivity index (χ2n) is 1.75. The Hall–Kier alpha value is -1.96. The molecule has 0 radical (unpaired) electrons. The fraction of sp³-hybridized carbons (Fsp3) is 0. The van der Waals surface area contributed by atoms with Gasteiger partial charge in [0.15, 0.2) is 0 Å². The van der Waals surface area contributed by atoms with Crippen LogP contribution in [0.15, 0.2) is 18.2 Å². The van der Waals surface area contributed by atoms with Gasteiger partial charge in [0.1, 0.15) is 6.07 Å². The summed E-state index contributed by atoms with van der Waals surface area (Å²) in [6.07, 6.45) is 0. The maximum absolute atomic E-state index is 10.1. The normalized spacial score (nSPS) is 8.64. The van der Waals surface area contributed by atoms with Crippen LogP contribution in [0.1, 0.15) is 5.69 Å². The van der Waals surface area contributed by atoms with Crippen molar-refractivity contribution in [2.75, 3.05) is 0 Å². The average Bonchev–Trinajstić information content (AvgIpc) is 2.05. The zero-order valence-corrected chi connectivity index (χ0v) is 5.39. The zero-order valence-electron chi connectivity index (χ0n) is 5.39. The summed E-state index contributed by atoms with van der Waals surface area (Å²) in [5.74, 6) is -0.302. The van der Waals surface area contributed by atoms with Crippen molar-refractivity contribution in [2.45, 2.75) is 0 Å². The Morgan fingerprint density at radius 2 is 2.36 bits per heavy atom. The Morgan fingerprint density at radius 3 is 2.91 bits per heavy atom. The van der Waals surface area contributed by atoms with Crippen molar-refractivity contribution in [3.8, 4) is 6.07 Å². The molecule has 1 aromatic heterocycles. The molecule has 0 amide bonds. The first kappa shape index (κ1) is 7.15. The number of rotatable bonds is 1. The molecule has 0 aromatic carbocycles. The highest BCUT2D eigenvalue weighted by Crippen LogP contribution is 2.05. The molecule has 0 atom stereocenters. The Bertz CT molecular complexity index is 329. The van der Waals surface area contributed by atoms with E-state index in [9.17, 15) is 10.1 Å². The van der Waals surface area contributed by atoms with Gasteiger partial charge in [-0.3, -0.25) is 0 Å². The van der Waals surface area contributed by atoms with E-state index >= 15 is 0 Å². The molecule has 0 saturated carbocycles. The second-order valence-corrected chi connectivity index (χ2v) is 1.75. The molecule has 0 saturated heterocycles. The lowest BCUT2D eigenvalue weighted by Crippen LogP contribution is -1.92. The second kappa shape index (κ2) is 2.75. The van der Waals surface area contributed by atoms with Crippen LogP contribution in [0, 0.1) is 21.4 Å². The van der Waals surface area contributed by atoms with Gasteiger partial charge in [0.2, 0.25) is 0 Å². The predicted octanol–water partition coefficient (Wildman–Crippen LogP) is 0.861. The third-order valence-corrected chi connectivity index (χ3v) is 1.04. The maximum atomic E-state index is 10.1. The van der Waals surface area contributed by atoms with E-state index in [4.69, 9.17) is 5.26 Å². The zero-order chi connectivity index (χ0) is 8.27. The van der Waals surface area contributed by atoms with E-state index in [1.165, 1.54) is 18.2 Å². The van der Waals surface area contributed by atoms with Gasteiger partial charge in [-0.1, -0.05) is 0 Å². The fourth-order valence-corrected chi connectivity index (χ4v) is 0.587. The number of aromatic nitrogens is 1. The van der Waals surface area contributed by atoms with Crippen LogP contribution in [-0.4, -0.2) is 9.91 Å². The molecule has 5 nitrogen and oxygen atoms in total. The molecule has 0 aliphatic heterocycles. The summed E-state index contributed by atoms with van der Waals surface area (Å²) >= 11 is 0. The van der Waals surface area contributed by atoms with Crippen LogP contribution in [0.5, 0.6) is 0 Å². The smallest absolute Gasteiger partial charge is 0.358 e. The highest BCUT2D eigenvalue weighted by Gasteiger charge is 2.07. The van der Waals surface area contributed by atoms with Crippen LogP contribution < -0.4 is 0 Å². The summed E-state index contributed by atoms with van der Waals surface area (Å²) in [6.45, 7) is 0. The van der Waals surface area contributed by atoms with Gasteiger partial charge >= 0.3 is 5.82 Å². The van der Waals surface area contributed by atoms with Gasteiger partial charge < -0.3 is 10.1 Å². The maximum Gasteiger partial charge on any atom is 0.364 e. The van der Waals surface area contributed by atoms with Crippen LogP contribution in [-0.2, 0) is 0 Å². The molecular formula is C6H3N3O2. The number of nitrogens with zero attached hydrogens (tertiary/aromatic N) is 3. The summed E-state index contributed by atoms with van der Waals surface area (Å²) < 4.78 is 0. The van der Waals surface area contributed by atoms with Crippen molar-refractivity contribution < 1.29 is 4.92 Å². The Morgan fingerprint density at radius 1 is 1.64 bits per heavy atom. The van der Waals surface area contributed by atoms with E-state index in [2.05, 4.69) is 4.98 Å². The van der Waals surface area contributed by atoms with Crippen molar-refractivity contribution >= 4 is 5.82 Å². The van der Waals surface area contributed by atoms with E-state index in [1.54, 1.807) is 6.07 Å². The summed E-state index contributed by atoms with van der Waals surface area (Å²) in [5, 5.41) is 18.4. The number of nitriles is 1. The van der Waals surface area contributed by atoms with E-state index in [1.807, 2.05) is 0 Å².